The predicted molar refractivity (Wildman–Crippen MR) is 61.0 cm³/mol. The van der Waals surface area contributed by atoms with Gasteiger partial charge in [0.15, 0.2) is 0 Å². The second kappa shape index (κ2) is 6.40. The van der Waals surface area contributed by atoms with E-state index in [9.17, 15) is 0 Å². The zero-order valence-electron chi connectivity index (χ0n) is 8.89. The van der Waals surface area contributed by atoms with Gasteiger partial charge in [0.25, 0.3) is 0 Å². The van der Waals surface area contributed by atoms with E-state index in [0.29, 0.717) is 0 Å². The monoisotopic (exact) mass is 302 g/mol. The summed E-state index contributed by atoms with van der Waals surface area (Å²) in [5.74, 6) is 0. The van der Waals surface area contributed by atoms with Crippen LogP contribution in [0.15, 0.2) is 30.3 Å². The molecule has 1 aliphatic carbocycles. The minimum Gasteiger partial charge on any atom is -0.102 e. The van der Waals surface area contributed by atoms with Gasteiger partial charge in [0.05, 0.1) is 5.08 Å². The first-order chi connectivity index (χ1) is 7.42. The average molecular weight is 302 g/mol. The van der Waals surface area contributed by atoms with Gasteiger partial charge in [-0.1, -0.05) is 30.3 Å². The van der Waals surface area contributed by atoms with Gasteiger partial charge in [0, 0.05) is 25.2 Å². The standard InChI is InChI=1S/C12H13N3.Rh/c13-15-14-12-9-5-4-8-11(12)10-6-2-1-3-7-10;/h4-6,8-9H,1-3,7H2;. The van der Waals surface area contributed by atoms with Crippen molar-refractivity contribution < 1.29 is 19.5 Å². The molecule has 0 bridgehead atoms. The van der Waals surface area contributed by atoms with Crippen LogP contribution in [0.1, 0.15) is 31.2 Å². The Morgan fingerprint density at radius 3 is 2.69 bits per heavy atom. The Morgan fingerprint density at radius 2 is 2.00 bits per heavy atom. The van der Waals surface area contributed by atoms with Crippen molar-refractivity contribution in [2.24, 2.45) is 0 Å². The maximum absolute atomic E-state index is 8.48. The summed E-state index contributed by atoms with van der Waals surface area (Å²) in [6.07, 6.45) is 7.00. The van der Waals surface area contributed by atoms with Gasteiger partial charge < -0.3 is 0 Å². The summed E-state index contributed by atoms with van der Waals surface area (Å²) >= 11 is 0. The minimum atomic E-state index is 0. The zero-order chi connectivity index (χ0) is 10.5. The summed E-state index contributed by atoms with van der Waals surface area (Å²) in [7, 11) is 0. The van der Waals surface area contributed by atoms with Crippen molar-refractivity contribution in [3.8, 4) is 0 Å². The molecule has 0 atom stereocenters. The smallest absolute Gasteiger partial charge is 0.0875 e. The van der Waals surface area contributed by atoms with Crippen LogP contribution in [0.4, 0.5) is 5.69 Å². The van der Waals surface area contributed by atoms with Gasteiger partial charge in [-0.25, -0.2) is 0 Å². The molecule has 0 saturated heterocycles. The fourth-order valence-corrected chi connectivity index (χ4v) is 1.96. The van der Waals surface area contributed by atoms with Crippen LogP contribution in [-0.2, 0) is 19.5 Å². The predicted octanol–water partition coefficient (Wildman–Crippen LogP) is 4.41. The quantitative estimate of drug-likeness (QED) is 0.453. The number of hydrogen-bond donors (Lipinski definition) is 0. The Morgan fingerprint density at radius 1 is 1.19 bits per heavy atom. The molecule has 2 rings (SSSR count). The third-order valence-electron chi connectivity index (χ3n) is 2.69. The molecule has 0 aromatic heterocycles. The Balaban J connectivity index is 0.00000128. The molecular formula is C12H13N3Rh. The minimum absolute atomic E-state index is 0. The Kier molecular flexibility index (Phi) is 5.15. The van der Waals surface area contributed by atoms with E-state index in [0.717, 1.165) is 24.1 Å². The van der Waals surface area contributed by atoms with E-state index >= 15 is 0 Å². The molecule has 0 saturated carbocycles. The van der Waals surface area contributed by atoms with E-state index in [1.807, 2.05) is 24.3 Å². The maximum Gasteiger partial charge on any atom is 0.0875 e. The summed E-state index contributed by atoms with van der Waals surface area (Å²) in [6, 6.07) is 7.78. The summed E-state index contributed by atoms with van der Waals surface area (Å²) in [6.45, 7) is 0. The Hall–Kier alpha value is -1.20. The summed E-state index contributed by atoms with van der Waals surface area (Å²) < 4.78 is 0. The van der Waals surface area contributed by atoms with Gasteiger partial charge in [0.2, 0.25) is 0 Å². The second-order valence-electron chi connectivity index (χ2n) is 3.68. The molecule has 16 heavy (non-hydrogen) atoms. The summed E-state index contributed by atoms with van der Waals surface area (Å²) in [4.78, 5) is 0. The molecule has 0 unspecified atom stereocenters. The van der Waals surface area contributed by atoms with E-state index in [2.05, 4.69) is 16.6 Å². The van der Waals surface area contributed by atoms with E-state index in [4.69, 9.17) is 5.39 Å². The molecule has 0 aliphatic heterocycles. The van der Waals surface area contributed by atoms with Gasteiger partial charge in [0.1, 0.15) is 0 Å². The van der Waals surface area contributed by atoms with Crippen molar-refractivity contribution in [3.63, 3.8) is 0 Å². The third-order valence-corrected chi connectivity index (χ3v) is 2.69. The number of diazo groups is 1. The molecule has 4 heteroatoms. The van der Waals surface area contributed by atoms with Crippen LogP contribution in [0.25, 0.3) is 16.1 Å². The van der Waals surface area contributed by atoms with Crippen molar-refractivity contribution in [1.82, 2.24) is 0 Å². The van der Waals surface area contributed by atoms with E-state index in [-0.39, 0.29) is 19.5 Å². The molecular weight excluding hydrogens is 289 g/mol. The van der Waals surface area contributed by atoms with Gasteiger partial charge >= 0.3 is 0 Å². The van der Waals surface area contributed by atoms with Gasteiger partial charge in [-0.15, -0.1) is 5.39 Å². The van der Waals surface area contributed by atoms with Gasteiger partial charge in [-0.3, -0.25) is 0 Å². The van der Waals surface area contributed by atoms with Crippen LogP contribution >= 0.6 is 0 Å². The fourth-order valence-electron chi connectivity index (χ4n) is 1.96. The van der Waals surface area contributed by atoms with Crippen LogP contribution in [0.2, 0.25) is 0 Å². The first-order valence-corrected chi connectivity index (χ1v) is 5.25. The van der Waals surface area contributed by atoms with Crippen molar-refractivity contribution >= 4 is 11.3 Å². The van der Waals surface area contributed by atoms with E-state index < -0.39 is 0 Å². The normalized spacial score (nSPS) is 14.3. The summed E-state index contributed by atoms with van der Waals surface area (Å²) in [5.41, 5.74) is 6.88. The largest absolute Gasteiger partial charge is 0.102 e. The third kappa shape index (κ3) is 2.90. The average Bonchev–Trinajstić information content (AvgIpc) is 2.31. The molecule has 0 fully saturated rings. The topological polar surface area (TPSA) is 42.2 Å². The molecule has 1 aromatic rings. The molecule has 1 radical (unpaired) electrons. The SMILES string of the molecule is N#[N+][N-]c1ccccc1C1=CCCCC1.[Rh]. The first-order valence-electron chi connectivity index (χ1n) is 5.25. The molecule has 0 N–H and O–H groups in total. The van der Waals surface area contributed by atoms with Crippen LogP contribution in [0.5, 0.6) is 0 Å². The van der Waals surface area contributed by atoms with Crippen LogP contribution in [0, 0.1) is 5.39 Å². The summed E-state index contributed by atoms with van der Waals surface area (Å²) in [5, 5.41) is 11.3. The van der Waals surface area contributed by atoms with Crippen molar-refractivity contribution in [2.75, 3.05) is 0 Å². The molecule has 85 valence electrons. The van der Waals surface area contributed by atoms with Gasteiger partial charge in [-0.2, -0.15) is 0 Å². The van der Waals surface area contributed by atoms with E-state index in [1.54, 1.807) is 0 Å². The number of rotatable bonds is 2. The van der Waals surface area contributed by atoms with Crippen LogP contribution < -0.4 is 0 Å². The number of allylic oxidation sites excluding steroid dienone is 2. The molecule has 1 aromatic carbocycles. The Bertz CT molecular complexity index is 421. The number of azide groups is 1. The molecule has 1 aliphatic rings. The van der Waals surface area contributed by atoms with Crippen LogP contribution in [-0.4, -0.2) is 0 Å². The van der Waals surface area contributed by atoms with Crippen molar-refractivity contribution in [3.05, 3.63) is 46.4 Å². The fraction of sp³-hybridized carbons (Fsp3) is 0.333. The van der Waals surface area contributed by atoms with E-state index in [1.165, 1.54) is 18.4 Å². The number of nitrogens with zero attached hydrogens (tertiary/aromatic N) is 3. The second-order valence-corrected chi connectivity index (χ2v) is 3.68. The van der Waals surface area contributed by atoms with Crippen LogP contribution in [0.3, 0.4) is 0 Å². The Labute approximate surface area is 108 Å². The molecule has 0 amide bonds. The zero-order valence-corrected chi connectivity index (χ0v) is 10.5. The molecule has 0 heterocycles. The van der Waals surface area contributed by atoms with Gasteiger partial charge in [-0.05, 0) is 42.2 Å². The van der Waals surface area contributed by atoms with Crippen molar-refractivity contribution in [1.29, 1.82) is 5.39 Å². The first kappa shape index (κ1) is 12.9. The number of hydrogen-bond acceptors (Lipinski definition) is 1. The van der Waals surface area contributed by atoms with Crippen molar-refractivity contribution in [2.45, 2.75) is 25.7 Å². The molecule has 0 spiro atoms. The number of benzene rings is 1. The molecule has 3 nitrogen and oxygen atoms in total. The maximum atomic E-state index is 8.48.